The van der Waals surface area contributed by atoms with Crippen molar-refractivity contribution in [3.8, 4) is 0 Å². The molecule has 0 aromatic heterocycles. The van der Waals surface area contributed by atoms with Gasteiger partial charge in [-0.15, -0.1) is 0 Å². The SMILES string of the molecule is CN(C)c1ccc(C(=O)Nc2ccc(Cl)cc2C(=O)c2ccccc2)cc1. The highest BCUT2D eigenvalue weighted by Crippen LogP contribution is 2.24. The van der Waals surface area contributed by atoms with E-state index in [1.807, 2.05) is 37.2 Å². The minimum Gasteiger partial charge on any atom is -0.378 e. The van der Waals surface area contributed by atoms with E-state index in [1.54, 1.807) is 54.6 Å². The van der Waals surface area contributed by atoms with Crippen molar-refractivity contribution in [3.05, 3.63) is 94.5 Å². The van der Waals surface area contributed by atoms with Crippen LogP contribution in [0.15, 0.2) is 72.8 Å². The Hall–Kier alpha value is -3.11. The summed E-state index contributed by atoms with van der Waals surface area (Å²) in [6.07, 6.45) is 0. The largest absolute Gasteiger partial charge is 0.378 e. The third-order valence-electron chi connectivity index (χ3n) is 4.16. The number of anilines is 2. The topological polar surface area (TPSA) is 49.4 Å². The number of benzene rings is 3. The zero-order chi connectivity index (χ0) is 19.4. The molecule has 0 atom stereocenters. The monoisotopic (exact) mass is 378 g/mol. The second kappa shape index (κ2) is 8.06. The Labute approximate surface area is 163 Å². The van der Waals surface area contributed by atoms with Crippen LogP contribution in [0.4, 0.5) is 11.4 Å². The van der Waals surface area contributed by atoms with Gasteiger partial charge in [0.15, 0.2) is 5.78 Å². The molecule has 0 aliphatic rings. The van der Waals surface area contributed by atoms with Gasteiger partial charge >= 0.3 is 0 Å². The first kappa shape index (κ1) is 18.7. The van der Waals surface area contributed by atoms with Crippen molar-refractivity contribution in [1.82, 2.24) is 0 Å². The normalized spacial score (nSPS) is 10.3. The number of nitrogens with zero attached hydrogens (tertiary/aromatic N) is 1. The van der Waals surface area contributed by atoms with E-state index in [9.17, 15) is 9.59 Å². The number of carbonyl (C=O) groups excluding carboxylic acids is 2. The van der Waals surface area contributed by atoms with Gasteiger partial charge in [-0.05, 0) is 42.5 Å². The van der Waals surface area contributed by atoms with Crippen molar-refractivity contribution in [3.63, 3.8) is 0 Å². The van der Waals surface area contributed by atoms with Crippen molar-refractivity contribution < 1.29 is 9.59 Å². The van der Waals surface area contributed by atoms with Crippen molar-refractivity contribution >= 4 is 34.7 Å². The summed E-state index contributed by atoms with van der Waals surface area (Å²) < 4.78 is 0. The zero-order valence-corrected chi connectivity index (χ0v) is 15.8. The summed E-state index contributed by atoms with van der Waals surface area (Å²) in [5.41, 5.74) is 2.82. The van der Waals surface area contributed by atoms with Gasteiger partial charge < -0.3 is 10.2 Å². The van der Waals surface area contributed by atoms with Gasteiger partial charge in [0.2, 0.25) is 0 Å². The fourth-order valence-corrected chi connectivity index (χ4v) is 2.84. The van der Waals surface area contributed by atoms with Gasteiger partial charge in [-0.3, -0.25) is 9.59 Å². The Kier molecular flexibility index (Phi) is 5.57. The average molecular weight is 379 g/mol. The number of amides is 1. The Balaban J connectivity index is 1.88. The highest BCUT2D eigenvalue weighted by Gasteiger charge is 2.16. The highest BCUT2D eigenvalue weighted by molar-refractivity contribution is 6.31. The number of hydrogen-bond acceptors (Lipinski definition) is 3. The molecule has 4 nitrogen and oxygen atoms in total. The van der Waals surface area contributed by atoms with Crippen LogP contribution in [0.1, 0.15) is 26.3 Å². The lowest BCUT2D eigenvalue weighted by Gasteiger charge is -2.14. The van der Waals surface area contributed by atoms with E-state index in [1.165, 1.54) is 0 Å². The number of carbonyl (C=O) groups is 2. The molecule has 0 radical (unpaired) electrons. The molecule has 0 heterocycles. The summed E-state index contributed by atoms with van der Waals surface area (Å²) in [6, 6.07) is 21.0. The van der Waals surface area contributed by atoms with Crippen LogP contribution in [0.5, 0.6) is 0 Å². The summed E-state index contributed by atoms with van der Waals surface area (Å²) >= 11 is 6.08. The molecule has 0 aliphatic carbocycles. The van der Waals surface area contributed by atoms with Crippen LogP contribution < -0.4 is 10.2 Å². The standard InChI is InChI=1S/C22H19ClN2O2/c1-25(2)18-11-8-16(9-12-18)22(27)24-20-13-10-17(23)14-19(20)21(26)15-6-4-3-5-7-15/h3-14H,1-2H3,(H,24,27). The maximum absolute atomic E-state index is 12.8. The molecule has 1 N–H and O–H groups in total. The zero-order valence-electron chi connectivity index (χ0n) is 15.1. The maximum atomic E-state index is 12.8. The summed E-state index contributed by atoms with van der Waals surface area (Å²) in [5, 5.41) is 3.25. The van der Waals surface area contributed by atoms with Crippen LogP contribution in [0.25, 0.3) is 0 Å². The van der Waals surface area contributed by atoms with Crippen molar-refractivity contribution in [2.45, 2.75) is 0 Å². The van der Waals surface area contributed by atoms with Gasteiger partial charge in [-0.2, -0.15) is 0 Å². The molecule has 3 aromatic carbocycles. The molecule has 0 unspecified atom stereocenters. The molecule has 3 aromatic rings. The van der Waals surface area contributed by atoms with E-state index >= 15 is 0 Å². The first-order valence-corrected chi connectivity index (χ1v) is 8.81. The Bertz CT molecular complexity index is 967. The predicted octanol–water partition coefficient (Wildman–Crippen LogP) is 4.89. The van der Waals surface area contributed by atoms with E-state index < -0.39 is 0 Å². The summed E-state index contributed by atoms with van der Waals surface area (Å²) in [7, 11) is 3.87. The van der Waals surface area contributed by atoms with E-state index in [-0.39, 0.29) is 11.7 Å². The van der Waals surface area contributed by atoms with Gasteiger partial charge in [0.05, 0.1) is 5.69 Å². The molecule has 0 saturated carbocycles. The summed E-state index contributed by atoms with van der Waals surface area (Å²) in [4.78, 5) is 27.4. The van der Waals surface area contributed by atoms with Gasteiger partial charge in [0, 0.05) is 41.5 Å². The van der Waals surface area contributed by atoms with E-state index in [0.717, 1.165) is 5.69 Å². The second-order valence-electron chi connectivity index (χ2n) is 6.28. The fourth-order valence-electron chi connectivity index (χ4n) is 2.66. The second-order valence-corrected chi connectivity index (χ2v) is 6.72. The first-order chi connectivity index (χ1) is 13.0. The van der Waals surface area contributed by atoms with Crippen molar-refractivity contribution in [2.75, 3.05) is 24.3 Å². The lowest BCUT2D eigenvalue weighted by Crippen LogP contribution is -2.16. The van der Waals surface area contributed by atoms with Crippen LogP contribution in [0, 0.1) is 0 Å². The molecular weight excluding hydrogens is 360 g/mol. The van der Waals surface area contributed by atoms with Crippen LogP contribution in [0.2, 0.25) is 5.02 Å². The Morgan fingerprint density at radius 2 is 1.52 bits per heavy atom. The van der Waals surface area contributed by atoms with Crippen molar-refractivity contribution in [2.24, 2.45) is 0 Å². The average Bonchev–Trinajstić information content (AvgIpc) is 2.69. The smallest absolute Gasteiger partial charge is 0.255 e. The Morgan fingerprint density at radius 3 is 2.15 bits per heavy atom. The minimum absolute atomic E-state index is 0.198. The molecule has 0 bridgehead atoms. The molecule has 136 valence electrons. The third-order valence-corrected chi connectivity index (χ3v) is 4.39. The molecule has 5 heteroatoms. The number of hydrogen-bond donors (Lipinski definition) is 1. The van der Waals surface area contributed by atoms with Gasteiger partial charge in [0.1, 0.15) is 0 Å². The van der Waals surface area contributed by atoms with Crippen LogP contribution >= 0.6 is 11.6 Å². The van der Waals surface area contributed by atoms with Crippen molar-refractivity contribution in [1.29, 1.82) is 0 Å². The van der Waals surface area contributed by atoms with Gasteiger partial charge in [0.25, 0.3) is 5.91 Å². The minimum atomic E-state index is -0.287. The molecule has 0 aliphatic heterocycles. The quantitative estimate of drug-likeness (QED) is 0.643. The molecule has 1 amide bonds. The summed E-state index contributed by atoms with van der Waals surface area (Å²) in [6.45, 7) is 0. The van der Waals surface area contributed by atoms with E-state index in [2.05, 4.69) is 5.32 Å². The molecular formula is C22H19ClN2O2. The van der Waals surface area contributed by atoms with E-state index in [4.69, 9.17) is 11.6 Å². The Morgan fingerprint density at radius 1 is 0.852 bits per heavy atom. The molecule has 27 heavy (non-hydrogen) atoms. The molecule has 0 spiro atoms. The third kappa shape index (κ3) is 4.36. The van der Waals surface area contributed by atoms with Crippen LogP contribution in [-0.4, -0.2) is 25.8 Å². The number of ketones is 1. The summed E-state index contributed by atoms with van der Waals surface area (Å²) in [5.74, 6) is -0.485. The maximum Gasteiger partial charge on any atom is 0.255 e. The highest BCUT2D eigenvalue weighted by atomic mass is 35.5. The number of halogens is 1. The fraction of sp³-hybridized carbons (Fsp3) is 0.0909. The van der Waals surface area contributed by atoms with Crippen LogP contribution in [0.3, 0.4) is 0 Å². The number of rotatable bonds is 5. The van der Waals surface area contributed by atoms with E-state index in [0.29, 0.717) is 27.4 Å². The van der Waals surface area contributed by atoms with Gasteiger partial charge in [-0.25, -0.2) is 0 Å². The molecule has 0 fully saturated rings. The van der Waals surface area contributed by atoms with Gasteiger partial charge in [-0.1, -0.05) is 41.9 Å². The lowest BCUT2D eigenvalue weighted by atomic mass is 10.0. The van der Waals surface area contributed by atoms with Crippen LogP contribution in [-0.2, 0) is 0 Å². The first-order valence-electron chi connectivity index (χ1n) is 8.44. The lowest BCUT2D eigenvalue weighted by molar-refractivity contribution is 0.102. The predicted molar refractivity (Wildman–Crippen MR) is 110 cm³/mol. The molecule has 0 saturated heterocycles. The molecule has 3 rings (SSSR count). The number of nitrogens with one attached hydrogen (secondary N) is 1.